The smallest absolute Gasteiger partial charge is 0.154 e. The second-order valence-electron chi connectivity index (χ2n) is 2.59. The summed E-state index contributed by atoms with van der Waals surface area (Å²) in [6.45, 7) is -0.0429. The molecule has 1 aromatic carbocycles. The number of benzene rings is 1. The molecule has 0 fully saturated rings. The molecule has 1 N–H and O–H groups in total. The van der Waals surface area contributed by atoms with Gasteiger partial charge in [-0.25, -0.2) is 4.39 Å². The number of aliphatic hydroxyl groups is 1. The Morgan fingerprint density at radius 1 is 1.50 bits per heavy atom. The molecule has 2 nitrogen and oxygen atoms in total. The van der Waals surface area contributed by atoms with Crippen molar-refractivity contribution in [3.63, 3.8) is 0 Å². The minimum absolute atomic E-state index is 0.0297. The zero-order valence-corrected chi connectivity index (χ0v) is 7.46. The number of rotatable bonds is 2. The minimum atomic E-state index is -0.573. The maximum Gasteiger partial charge on any atom is 0.154 e. The van der Waals surface area contributed by atoms with E-state index in [2.05, 4.69) is 11.8 Å². The number of hydrogen-bond donors (Lipinski definition) is 1. The number of aldehydes is 1. The highest BCUT2D eigenvalue weighted by Crippen LogP contribution is 2.09. The molecule has 0 amide bonds. The minimum Gasteiger partial charge on any atom is -0.395 e. The molecule has 0 aliphatic heterocycles. The summed E-state index contributed by atoms with van der Waals surface area (Å²) in [5.74, 6) is 4.68. The lowest BCUT2D eigenvalue weighted by atomic mass is 10.1. The van der Waals surface area contributed by atoms with E-state index in [1.165, 1.54) is 12.1 Å². The molecule has 0 unspecified atom stereocenters. The van der Waals surface area contributed by atoms with Gasteiger partial charge in [-0.1, -0.05) is 17.9 Å². The Hall–Kier alpha value is -1.66. The van der Waals surface area contributed by atoms with Crippen LogP contribution in [0.2, 0.25) is 0 Å². The largest absolute Gasteiger partial charge is 0.395 e. The van der Waals surface area contributed by atoms with Crippen LogP contribution in [0.1, 0.15) is 22.3 Å². The second kappa shape index (κ2) is 5.15. The summed E-state index contributed by atoms with van der Waals surface area (Å²) >= 11 is 0. The van der Waals surface area contributed by atoms with Crippen molar-refractivity contribution in [1.29, 1.82) is 0 Å². The average molecular weight is 192 g/mol. The summed E-state index contributed by atoms with van der Waals surface area (Å²) in [6, 6.07) is 4.27. The van der Waals surface area contributed by atoms with Gasteiger partial charge in [0.25, 0.3) is 0 Å². The van der Waals surface area contributed by atoms with Crippen molar-refractivity contribution < 1.29 is 14.3 Å². The Morgan fingerprint density at radius 3 is 2.93 bits per heavy atom. The van der Waals surface area contributed by atoms with E-state index in [0.717, 1.165) is 0 Å². The molecule has 0 aliphatic rings. The summed E-state index contributed by atoms with van der Waals surface area (Å²) < 4.78 is 13.0. The molecule has 0 saturated carbocycles. The van der Waals surface area contributed by atoms with Gasteiger partial charge in [0.15, 0.2) is 6.29 Å². The molecule has 1 rings (SSSR count). The van der Waals surface area contributed by atoms with Crippen LogP contribution in [0.5, 0.6) is 0 Å². The van der Waals surface area contributed by atoms with Crippen LogP contribution in [-0.4, -0.2) is 18.0 Å². The van der Waals surface area contributed by atoms with Gasteiger partial charge in [0, 0.05) is 12.0 Å². The van der Waals surface area contributed by atoms with Crippen LogP contribution in [0.4, 0.5) is 4.39 Å². The monoisotopic (exact) mass is 192 g/mol. The van der Waals surface area contributed by atoms with Gasteiger partial charge in [0.1, 0.15) is 5.82 Å². The van der Waals surface area contributed by atoms with Crippen molar-refractivity contribution in [2.45, 2.75) is 6.42 Å². The summed E-state index contributed by atoms with van der Waals surface area (Å²) in [5.41, 5.74) is 0.325. The lowest BCUT2D eigenvalue weighted by Gasteiger charge is -1.96. The van der Waals surface area contributed by atoms with Gasteiger partial charge in [-0.3, -0.25) is 4.79 Å². The topological polar surface area (TPSA) is 37.3 Å². The zero-order chi connectivity index (χ0) is 10.4. The predicted molar refractivity (Wildman–Crippen MR) is 50.4 cm³/mol. The van der Waals surface area contributed by atoms with Gasteiger partial charge < -0.3 is 5.11 Å². The number of halogens is 1. The molecule has 0 atom stereocenters. The van der Waals surface area contributed by atoms with Crippen LogP contribution in [0.3, 0.4) is 0 Å². The molecule has 0 bridgehead atoms. The van der Waals surface area contributed by atoms with Crippen LogP contribution in [-0.2, 0) is 0 Å². The fourth-order valence-corrected chi connectivity index (χ4v) is 0.979. The number of carbonyl (C=O) groups excluding carboxylic acids is 1. The SMILES string of the molecule is O=Cc1c(F)cccc1C#CCCO. The third kappa shape index (κ3) is 2.41. The molecule has 0 aliphatic carbocycles. The van der Waals surface area contributed by atoms with Crippen molar-refractivity contribution in [3.05, 3.63) is 35.1 Å². The van der Waals surface area contributed by atoms with Crippen molar-refractivity contribution in [2.75, 3.05) is 6.61 Å². The fraction of sp³-hybridized carbons (Fsp3) is 0.182. The van der Waals surface area contributed by atoms with Gasteiger partial charge in [-0.05, 0) is 12.1 Å². The standard InChI is InChI=1S/C11H9FO2/c12-11-6-3-5-9(10(11)8-14)4-1-2-7-13/h3,5-6,8,13H,2,7H2. The van der Waals surface area contributed by atoms with Gasteiger partial charge >= 0.3 is 0 Å². The summed E-state index contributed by atoms with van der Waals surface area (Å²) in [7, 11) is 0. The molecule has 0 radical (unpaired) electrons. The molecule has 0 aromatic heterocycles. The summed E-state index contributed by atoms with van der Waals surface area (Å²) in [6.07, 6.45) is 0.757. The Kier molecular flexibility index (Phi) is 3.84. The van der Waals surface area contributed by atoms with Crippen molar-refractivity contribution >= 4 is 6.29 Å². The second-order valence-corrected chi connectivity index (χ2v) is 2.59. The van der Waals surface area contributed by atoms with Crippen LogP contribution in [0, 0.1) is 17.7 Å². The van der Waals surface area contributed by atoms with E-state index in [-0.39, 0.29) is 12.2 Å². The van der Waals surface area contributed by atoms with Crippen LogP contribution in [0.15, 0.2) is 18.2 Å². The van der Waals surface area contributed by atoms with Gasteiger partial charge in [-0.15, -0.1) is 0 Å². The van der Waals surface area contributed by atoms with E-state index in [1.807, 2.05) is 0 Å². The van der Waals surface area contributed by atoms with E-state index in [4.69, 9.17) is 5.11 Å². The molecular weight excluding hydrogens is 183 g/mol. The molecule has 3 heteroatoms. The number of aliphatic hydroxyl groups excluding tert-OH is 1. The van der Waals surface area contributed by atoms with Gasteiger partial charge in [0.05, 0.1) is 12.2 Å². The maximum absolute atomic E-state index is 13.0. The van der Waals surface area contributed by atoms with E-state index in [0.29, 0.717) is 18.3 Å². The molecule has 72 valence electrons. The van der Waals surface area contributed by atoms with E-state index >= 15 is 0 Å². The first-order valence-electron chi connectivity index (χ1n) is 4.13. The number of carbonyl (C=O) groups is 1. The van der Waals surface area contributed by atoms with Crippen molar-refractivity contribution in [3.8, 4) is 11.8 Å². The third-order valence-corrected chi connectivity index (χ3v) is 1.63. The Balaban J connectivity index is 3.04. The third-order valence-electron chi connectivity index (χ3n) is 1.63. The summed E-state index contributed by atoms with van der Waals surface area (Å²) in [4.78, 5) is 10.5. The predicted octanol–water partition coefficient (Wildman–Crippen LogP) is 1.37. The Morgan fingerprint density at radius 2 is 2.29 bits per heavy atom. The lowest BCUT2D eigenvalue weighted by molar-refractivity contribution is 0.111. The molecule has 0 spiro atoms. The summed E-state index contributed by atoms with van der Waals surface area (Å²) in [5, 5.41) is 8.48. The van der Waals surface area contributed by atoms with Gasteiger partial charge in [-0.2, -0.15) is 0 Å². The highest BCUT2D eigenvalue weighted by atomic mass is 19.1. The van der Waals surface area contributed by atoms with Crippen LogP contribution >= 0.6 is 0 Å². The molecule has 14 heavy (non-hydrogen) atoms. The molecule has 0 heterocycles. The van der Waals surface area contributed by atoms with E-state index in [1.54, 1.807) is 6.07 Å². The van der Waals surface area contributed by atoms with Crippen molar-refractivity contribution in [1.82, 2.24) is 0 Å². The first-order chi connectivity index (χ1) is 6.79. The first-order valence-corrected chi connectivity index (χ1v) is 4.13. The molecular formula is C11H9FO2. The fourth-order valence-electron chi connectivity index (χ4n) is 0.979. The van der Waals surface area contributed by atoms with Gasteiger partial charge in [0.2, 0.25) is 0 Å². The Bertz CT molecular complexity index is 388. The Labute approximate surface area is 81.4 Å². The maximum atomic E-state index is 13.0. The zero-order valence-electron chi connectivity index (χ0n) is 7.46. The van der Waals surface area contributed by atoms with E-state index in [9.17, 15) is 9.18 Å². The van der Waals surface area contributed by atoms with Crippen LogP contribution in [0.25, 0.3) is 0 Å². The lowest BCUT2D eigenvalue weighted by Crippen LogP contribution is -1.92. The number of hydrogen-bond acceptors (Lipinski definition) is 2. The normalized spacial score (nSPS) is 9.00. The van der Waals surface area contributed by atoms with E-state index < -0.39 is 5.82 Å². The average Bonchev–Trinajstić information content (AvgIpc) is 2.18. The molecule has 1 aromatic rings. The van der Waals surface area contributed by atoms with Crippen molar-refractivity contribution in [2.24, 2.45) is 0 Å². The molecule has 0 saturated heterocycles. The first kappa shape index (κ1) is 10.4. The highest BCUT2D eigenvalue weighted by molar-refractivity contribution is 5.79. The highest BCUT2D eigenvalue weighted by Gasteiger charge is 2.03. The van der Waals surface area contributed by atoms with Crippen LogP contribution < -0.4 is 0 Å². The quantitative estimate of drug-likeness (QED) is 0.567.